The molecule has 4 rings (SSSR count). The zero-order valence-corrected chi connectivity index (χ0v) is 15.6. The summed E-state index contributed by atoms with van der Waals surface area (Å²) in [7, 11) is 0. The number of likely N-dealkylation sites (tertiary alicyclic amines) is 1. The molecule has 1 N–H and O–H groups in total. The van der Waals surface area contributed by atoms with Gasteiger partial charge in [0, 0.05) is 24.8 Å². The Morgan fingerprint density at radius 2 is 1.96 bits per heavy atom. The Hall–Kier alpha value is -1.24. The Balaban J connectivity index is 0.00000182. The topological polar surface area (TPSA) is 24.0 Å². The van der Waals surface area contributed by atoms with Gasteiger partial charge in [-0.05, 0) is 74.6 Å². The Bertz CT molecular complexity index is 811. The molecule has 136 valence electrons. The largest absolute Gasteiger partial charge is 0.337 e. The summed E-state index contributed by atoms with van der Waals surface area (Å²) in [5, 5.41) is 0. The van der Waals surface area contributed by atoms with Crippen molar-refractivity contribution in [3.05, 3.63) is 51.6 Å². The van der Waals surface area contributed by atoms with E-state index in [0.717, 1.165) is 37.7 Å². The van der Waals surface area contributed by atoms with Crippen molar-refractivity contribution in [2.45, 2.75) is 44.7 Å². The molecule has 0 saturated carbocycles. The third kappa shape index (κ3) is 3.66. The number of rotatable bonds is 3. The van der Waals surface area contributed by atoms with Crippen LogP contribution in [0.4, 0.5) is 8.78 Å². The van der Waals surface area contributed by atoms with E-state index in [2.05, 4.69) is 14.5 Å². The summed E-state index contributed by atoms with van der Waals surface area (Å²) in [4.78, 5) is 5.59. The summed E-state index contributed by atoms with van der Waals surface area (Å²) in [6.45, 7) is 3.14. The van der Waals surface area contributed by atoms with Gasteiger partial charge < -0.3 is 9.55 Å². The fourth-order valence-electron chi connectivity index (χ4n) is 4.11. The molecule has 0 unspecified atom stereocenters. The number of hydrogen-bond acceptors (Lipinski definition) is 2. The minimum atomic E-state index is -0.498. The average molecular weight is 386 g/mol. The highest BCUT2D eigenvalue weighted by molar-refractivity contribution is 7.71. The molecule has 1 saturated heterocycles. The van der Waals surface area contributed by atoms with E-state index in [-0.39, 0.29) is 18.4 Å². The van der Waals surface area contributed by atoms with Crippen LogP contribution in [0.1, 0.15) is 42.1 Å². The lowest BCUT2D eigenvalue weighted by atomic mass is 9.87. The van der Waals surface area contributed by atoms with Crippen molar-refractivity contribution in [2.24, 2.45) is 0 Å². The molecule has 1 aliphatic heterocycles. The molecule has 0 spiro atoms. The van der Waals surface area contributed by atoms with Gasteiger partial charge >= 0.3 is 0 Å². The summed E-state index contributed by atoms with van der Waals surface area (Å²) >= 11 is 5.49. The highest BCUT2D eigenvalue weighted by Gasteiger charge is 2.26. The first-order chi connectivity index (χ1) is 11.6. The van der Waals surface area contributed by atoms with E-state index in [0.29, 0.717) is 23.2 Å². The summed E-state index contributed by atoms with van der Waals surface area (Å²) < 4.78 is 30.4. The summed E-state index contributed by atoms with van der Waals surface area (Å²) in [6, 6.07) is 2.62. The van der Waals surface area contributed by atoms with Gasteiger partial charge in [0.1, 0.15) is 11.6 Å². The third-order valence-electron chi connectivity index (χ3n) is 5.28. The number of aromatic amines is 1. The summed E-state index contributed by atoms with van der Waals surface area (Å²) in [5.41, 5.74) is 2.61. The van der Waals surface area contributed by atoms with Gasteiger partial charge in [0.25, 0.3) is 0 Å². The quantitative estimate of drug-likeness (QED) is 0.782. The molecule has 25 heavy (non-hydrogen) atoms. The maximum Gasteiger partial charge on any atom is 0.177 e. The lowest BCUT2D eigenvalue weighted by molar-refractivity contribution is 0.310. The Labute approximate surface area is 157 Å². The standard InChI is InChI=1S/C18H21F2N3S.ClH/c19-13-7-12-8-14(3-4-16(12)17(20)9-13)23-15(10-21-18(23)24)11-22-5-1-2-6-22;/h7,9-10,14H,1-6,8,11H2,(H,21,24);1H/t14-;/m0./s1. The highest BCUT2D eigenvalue weighted by atomic mass is 35.5. The molecular formula is C18H22ClF2N3S. The number of aromatic nitrogens is 2. The third-order valence-corrected chi connectivity index (χ3v) is 5.59. The molecule has 3 nitrogen and oxygen atoms in total. The Morgan fingerprint density at radius 3 is 2.72 bits per heavy atom. The number of benzene rings is 1. The van der Waals surface area contributed by atoms with Crippen LogP contribution in [0.3, 0.4) is 0 Å². The highest BCUT2D eigenvalue weighted by Crippen LogP contribution is 2.32. The number of H-pyrrole nitrogens is 1. The molecule has 1 atom stereocenters. The van der Waals surface area contributed by atoms with E-state index in [9.17, 15) is 8.78 Å². The second-order valence-electron chi connectivity index (χ2n) is 6.86. The molecule has 1 aliphatic carbocycles. The predicted octanol–water partition coefficient (Wildman–Crippen LogP) is 4.57. The minimum absolute atomic E-state index is 0. The van der Waals surface area contributed by atoms with E-state index < -0.39 is 11.6 Å². The smallest absolute Gasteiger partial charge is 0.177 e. The van der Waals surface area contributed by atoms with Crippen LogP contribution in [-0.4, -0.2) is 27.5 Å². The van der Waals surface area contributed by atoms with Crippen molar-refractivity contribution in [3.63, 3.8) is 0 Å². The Kier molecular flexibility index (Phi) is 5.61. The lowest BCUT2D eigenvalue weighted by Gasteiger charge is -2.28. The number of imidazole rings is 1. The fraction of sp³-hybridized carbons (Fsp3) is 0.500. The first-order valence-electron chi connectivity index (χ1n) is 8.60. The molecule has 1 fully saturated rings. The molecule has 2 heterocycles. The molecule has 2 aromatic rings. The predicted molar refractivity (Wildman–Crippen MR) is 98.8 cm³/mol. The zero-order chi connectivity index (χ0) is 16.7. The van der Waals surface area contributed by atoms with Crippen molar-refractivity contribution in [3.8, 4) is 0 Å². The van der Waals surface area contributed by atoms with Crippen LogP contribution >= 0.6 is 24.6 Å². The van der Waals surface area contributed by atoms with Gasteiger partial charge in [-0.3, -0.25) is 4.90 Å². The second-order valence-corrected chi connectivity index (χ2v) is 7.25. The molecule has 2 aliphatic rings. The van der Waals surface area contributed by atoms with Crippen LogP contribution in [0.25, 0.3) is 0 Å². The second kappa shape index (κ2) is 7.56. The SMILES string of the molecule is Cl.Fc1cc(F)c2c(c1)C[C@@H](n1c(CN3CCCC3)c[nH]c1=S)CC2. The van der Waals surface area contributed by atoms with E-state index in [4.69, 9.17) is 12.2 Å². The van der Waals surface area contributed by atoms with E-state index in [1.807, 2.05) is 6.20 Å². The normalized spacial score (nSPS) is 20.3. The maximum absolute atomic E-state index is 14.0. The summed E-state index contributed by atoms with van der Waals surface area (Å²) in [6.07, 6.45) is 6.57. The van der Waals surface area contributed by atoms with Gasteiger partial charge in [0.15, 0.2) is 4.77 Å². The van der Waals surface area contributed by atoms with Crippen LogP contribution < -0.4 is 0 Å². The molecule has 1 aromatic heterocycles. The van der Waals surface area contributed by atoms with Gasteiger partial charge in [-0.1, -0.05) is 0 Å². The van der Waals surface area contributed by atoms with Crippen LogP contribution in [0.2, 0.25) is 0 Å². The fourth-order valence-corrected chi connectivity index (χ4v) is 4.44. The molecule has 7 heteroatoms. The molecule has 0 radical (unpaired) electrons. The molecule has 1 aromatic carbocycles. The maximum atomic E-state index is 14.0. The van der Waals surface area contributed by atoms with E-state index >= 15 is 0 Å². The zero-order valence-electron chi connectivity index (χ0n) is 13.9. The van der Waals surface area contributed by atoms with Gasteiger partial charge in [-0.2, -0.15) is 0 Å². The van der Waals surface area contributed by atoms with Crippen molar-refractivity contribution < 1.29 is 8.78 Å². The minimum Gasteiger partial charge on any atom is -0.337 e. The first-order valence-corrected chi connectivity index (χ1v) is 9.00. The van der Waals surface area contributed by atoms with E-state index in [1.54, 1.807) is 0 Å². The average Bonchev–Trinajstić information content (AvgIpc) is 3.17. The first kappa shape index (κ1) is 18.5. The molecular weight excluding hydrogens is 364 g/mol. The molecule has 0 bridgehead atoms. The van der Waals surface area contributed by atoms with Crippen molar-refractivity contribution in [1.29, 1.82) is 0 Å². The summed E-state index contributed by atoms with van der Waals surface area (Å²) in [5.74, 6) is -0.916. The number of hydrogen-bond donors (Lipinski definition) is 1. The van der Waals surface area contributed by atoms with Crippen LogP contribution in [0.5, 0.6) is 0 Å². The van der Waals surface area contributed by atoms with Crippen LogP contribution in [0, 0.1) is 16.4 Å². The van der Waals surface area contributed by atoms with Crippen molar-refractivity contribution in [1.82, 2.24) is 14.5 Å². The van der Waals surface area contributed by atoms with Gasteiger partial charge in [0.05, 0.1) is 5.69 Å². The van der Waals surface area contributed by atoms with Gasteiger partial charge in [0.2, 0.25) is 0 Å². The lowest BCUT2D eigenvalue weighted by Crippen LogP contribution is -2.25. The molecule has 0 amide bonds. The monoisotopic (exact) mass is 385 g/mol. The number of nitrogens with one attached hydrogen (secondary N) is 1. The number of fused-ring (bicyclic) bond motifs is 1. The Morgan fingerprint density at radius 1 is 1.20 bits per heavy atom. The van der Waals surface area contributed by atoms with Crippen LogP contribution in [0.15, 0.2) is 18.3 Å². The van der Waals surface area contributed by atoms with Crippen LogP contribution in [-0.2, 0) is 19.4 Å². The number of halogens is 3. The number of nitrogens with zero attached hydrogens (tertiary/aromatic N) is 2. The van der Waals surface area contributed by atoms with Gasteiger partial charge in [-0.25, -0.2) is 8.78 Å². The van der Waals surface area contributed by atoms with Crippen molar-refractivity contribution >= 4 is 24.6 Å². The van der Waals surface area contributed by atoms with Crippen molar-refractivity contribution in [2.75, 3.05) is 13.1 Å². The van der Waals surface area contributed by atoms with Gasteiger partial charge in [-0.15, -0.1) is 12.4 Å². The van der Waals surface area contributed by atoms with E-state index in [1.165, 1.54) is 24.6 Å².